The lowest BCUT2D eigenvalue weighted by molar-refractivity contribution is -0.138. The van der Waals surface area contributed by atoms with Crippen LogP contribution in [0.15, 0.2) is 11.4 Å². The van der Waals surface area contributed by atoms with Gasteiger partial charge in [-0.15, -0.1) is 0 Å². The zero-order chi connectivity index (χ0) is 13.6. The van der Waals surface area contributed by atoms with Crippen molar-refractivity contribution in [3.8, 4) is 0 Å². The van der Waals surface area contributed by atoms with Gasteiger partial charge in [0.25, 0.3) is 0 Å². The fourth-order valence-corrected chi connectivity index (χ4v) is 4.41. The molecule has 4 heterocycles. The van der Waals surface area contributed by atoms with E-state index in [9.17, 15) is 4.79 Å². The molecule has 2 fully saturated rings. The first-order valence-corrected chi connectivity index (χ1v) is 8.27. The summed E-state index contributed by atoms with van der Waals surface area (Å²) in [5.41, 5.74) is 1.24. The Kier molecular flexibility index (Phi) is 3.03. The number of piperidine rings is 1. The van der Waals surface area contributed by atoms with E-state index in [-0.39, 0.29) is 11.3 Å². The van der Waals surface area contributed by atoms with Gasteiger partial charge in [0.15, 0.2) is 5.16 Å². The Morgan fingerprint density at radius 1 is 1.45 bits per heavy atom. The van der Waals surface area contributed by atoms with Gasteiger partial charge in [0.2, 0.25) is 5.91 Å². The summed E-state index contributed by atoms with van der Waals surface area (Å²) in [4.78, 5) is 18.8. The summed E-state index contributed by atoms with van der Waals surface area (Å²) in [6.45, 7) is 4.19. The Bertz CT molecular complexity index is 515. The Labute approximate surface area is 122 Å². The van der Waals surface area contributed by atoms with Gasteiger partial charge in [-0.05, 0) is 12.8 Å². The first-order chi connectivity index (χ1) is 9.74. The van der Waals surface area contributed by atoms with Crippen molar-refractivity contribution in [2.75, 3.05) is 25.5 Å². The van der Waals surface area contributed by atoms with E-state index in [1.165, 1.54) is 0 Å². The molecular weight excluding hydrogens is 274 g/mol. The molecule has 1 amide bonds. The first-order valence-electron chi connectivity index (χ1n) is 7.29. The van der Waals surface area contributed by atoms with Crippen LogP contribution in [0.25, 0.3) is 0 Å². The molecule has 0 aromatic carbocycles. The van der Waals surface area contributed by atoms with Gasteiger partial charge in [0.1, 0.15) is 0 Å². The van der Waals surface area contributed by atoms with Crippen LogP contribution in [-0.4, -0.2) is 45.9 Å². The average molecular weight is 293 g/mol. The van der Waals surface area contributed by atoms with Crippen LogP contribution in [-0.2, 0) is 22.6 Å². The third-order valence-electron chi connectivity index (χ3n) is 4.64. The number of hydrogen-bond acceptors (Lipinski definition) is 4. The smallest absolute Gasteiger partial charge is 0.222 e. The monoisotopic (exact) mass is 293 g/mol. The van der Waals surface area contributed by atoms with Crippen molar-refractivity contribution in [2.24, 2.45) is 5.41 Å². The van der Waals surface area contributed by atoms with Gasteiger partial charge in [0.05, 0.1) is 18.8 Å². The molecule has 5 nitrogen and oxygen atoms in total. The average Bonchev–Trinajstić information content (AvgIpc) is 3.10. The van der Waals surface area contributed by atoms with Gasteiger partial charge in [-0.25, -0.2) is 4.98 Å². The number of imidazole rings is 1. The highest BCUT2D eigenvalue weighted by Crippen LogP contribution is 2.38. The summed E-state index contributed by atoms with van der Waals surface area (Å²) in [5.74, 6) is 1.38. The third kappa shape index (κ3) is 2.15. The van der Waals surface area contributed by atoms with E-state index >= 15 is 0 Å². The van der Waals surface area contributed by atoms with E-state index < -0.39 is 0 Å². The van der Waals surface area contributed by atoms with Crippen LogP contribution in [0.4, 0.5) is 0 Å². The molecule has 0 bridgehead atoms. The molecule has 1 aromatic rings. The van der Waals surface area contributed by atoms with Gasteiger partial charge in [-0.3, -0.25) is 4.79 Å². The zero-order valence-corrected chi connectivity index (χ0v) is 12.3. The number of aromatic nitrogens is 2. The minimum absolute atomic E-state index is 0.213. The predicted octanol–water partition coefficient (Wildman–Crippen LogP) is 1.52. The highest BCUT2D eigenvalue weighted by atomic mass is 32.2. The maximum absolute atomic E-state index is 12.2. The summed E-state index contributed by atoms with van der Waals surface area (Å²) >= 11 is 1.80. The molecule has 0 unspecified atom stereocenters. The van der Waals surface area contributed by atoms with Crippen molar-refractivity contribution >= 4 is 17.7 Å². The molecule has 0 saturated carbocycles. The summed E-state index contributed by atoms with van der Waals surface area (Å²) in [7, 11) is 0. The van der Waals surface area contributed by atoms with Crippen LogP contribution in [0.2, 0.25) is 0 Å². The predicted molar refractivity (Wildman–Crippen MR) is 75.5 cm³/mol. The number of carbonyl (C=O) groups excluding carboxylic acids is 1. The van der Waals surface area contributed by atoms with Gasteiger partial charge in [-0.2, -0.15) is 0 Å². The maximum Gasteiger partial charge on any atom is 0.222 e. The molecule has 108 valence electrons. The number of fused-ring (bicyclic) bond motifs is 1. The first kappa shape index (κ1) is 12.7. The van der Waals surface area contributed by atoms with Crippen LogP contribution in [0, 0.1) is 5.41 Å². The van der Waals surface area contributed by atoms with E-state index in [4.69, 9.17) is 4.74 Å². The number of carbonyl (C=O) groups is 1. The van der Waals surface area contributed by atoms with Crippen molar-refractivity contribution in [1.82, 2.24) is 14.5 Å². The molecule has 2 saturated heterocycles. The number of rotatable bonds is 2. The second kappa shape index (κ2) is 4.77. The van der Waals surface area contributed by atoms with Crippen LogP contribution in [0.1, 0.15) is 25.0 Å². The van der Waals surface area contributed by atoms with E-state index in [2.05, 4.69) is 15.7 Å². The topological polar surface area (TPSA) is 47.4 Å². The molecule has 1 aromatic heterocycles. The molecule has 1 spiro atoms. The Morgan fingerprint density at radius 2 is 2.40 bits per heavy atom. The van der Waals surface area contributed by atoms with Crippen molar-refractivity contribution in [1.29, 1.82) is 0 Å². The fraction of sp³-hybridized carbons (Fsp3) is 0.714. The summed E-state index contributed by atoms with van der Waals surface area (Å²) in [6, 6.07) is 0. The van der Waals surface area contributed by atoms with Crippen LogP contribution < -0.4 is 0 Å². The normalized spacial score (nSPS) is 29.4. The molecule has 0 aliphatic carbocycles. The van der Waals surface area contributed by atoms with Gasteiger partial charge in [-0.1, -0.05) is 11.8 Å². The number of amides is 1. The van der Waals surface area contributed by atoms with E-state index in [0.717, 1.165) is 55.7 Å². The molecule has 3 aliphatic heterocycles. The van der Waals surface area contributed by atoms with Crippen LogP contribution in [0.3, 0.4) is 0 Å². The standard InChI is InChI=1S/C14H19N3O2S/c18-12-1-2-14(3-5-19-10-14)9-17(12)8-11-7-16-4-6-20-13(16)15-11/h7H,1-6,8-10H2/t14-/m1/s1. The van der Waals surface area contributed by atoms with Gasteiger partial charge in [0, 0.05) is 43.5 Å². The highest BCUT2D eigenvalue weighted by Gasteiger charge is 2.41. The Hall–Kier alpha value is -1.01. The van der Waals surface area contributed by atoms with Crippen LogP contribution >= 0.6 is 11.8 Å². The largest absolute Gasteiger partial charge is 0.381 e. The lowest BCUT2D eigenvalue weighted by Gasteiger charge is -2.38. The molecule has 1 atom stereocenters. The highest BCUT2D eigenvalue weighted by molar-refractivity contribution is 7.99. The summed E-state index contributed by atoms with van der Waals surface area (Å²) < 4.78 is 7.76. The van der Waals surface area contributed by atoms with E-state index in [0.29, 0.717) is 13.0 Å². The molecule has 0 N–H and O–H groups in total. The Balaban J connectivity index is 1.49. The maximum atomic E-state index is 12.2. The number of thioether (sulfide) groups is 1. The lowest BCUT2D eigenvalue weighted by atomic mass is 9.79. The molecule has 6 heteroatoms. The number of ether oxygens (including phenoxy) is 1. The van der Waals surface area contributed by atoms with Crippen molar-refractivity contribution in [3.63, 3.8) is 0 Å². The Morgan fingerprint density at radius 3 is 3.20 bits per heavy atom. The molecule has 20 heavy (non-hydrogen) atoms. The quantitative estimate of drug-likeness (QED) is 0.829. The van der Waals surface area contributed by atoms with E-state index in [1.807, 2.05) is 4.90 Å². The number of likely N-dealkylation sites (tertiary alicyclic amines) is 1. The van der Waals surface area contributed by atoms with Gasteiger partial charge < -0.3 is 14.2 Å². The summed E-state index contributed by atoms with van der Waals surface area (Å²) in [6.07, 6.45) is 4.84. The molecule has 4 rings (SSSR count). The minimum Gasteiger partial charge on any atom is -0.381 e. The number of aryl methyl sites for hydroxylation is 1. The number of nitrogens with zero attached hydrogens (tertiary/aromatic N) is 3. The third-order valence-corrected chi connectivity index (χ3v) is 5.61. The fourth-order valence-electron chi connectivity index (χ4n) is 3.45. The van der Waals surface area contributed by atoms with Crippen molar-refractivity contribution in [2.45, 2.75) is 37.5 Å². The van der Waals surface area contributed by atoms with Crippen LogP contribution in [0.5, 0.6) is 0 Å². The molecular formula is C14H19N3O2S. The second-order valence-corrected chi connectivity index (χ2v) is 7.17. The van der Waals surface area contributed by atoms with Crippen molar-refractivity contribution in [3.05, 3.63) is 11.9 Å². The van der Waals surface area contributed by atoms with E-state index in [1.54, 1.807) is 11.8 Å². The zero-order valence-electron chi connectivity index (χ0n) is 11.5. The summed E-state index contributed by atoms with van der Waals surface area (Å²) in [5, 5.41) is 1.10. The minimum atomic E-state index is 0.213. The molecule has 3 aliphatic rings. The SMILES string of the molecule is O=C1CC[C@@]2(CCOC2)CN1Cc1cn2c(n1)SCC2. The molecule has 0 radical (unpaired) electrons. The van der Waals surface area contributed by atoms with Gasteiger partial charge >= 0.3 is 0 Å². The lowest BCUT2D eigenvalue weighted by Crippen LogP contribution is -2.46. The second-order valence-electron chi connectivity index (χ2n) is 6.11. The number of hydrogen-bond donors (Lipinski definition) is 0. The van der Waals surface area contributed by atoms with Crippen molar-refractivity contribution < 1.29 is 9.53 Å².